The lowest BCUT2D eigenvalue weighted by molar-refractivity contribution is -0.385. The van der Waals surface area contributed by atoms with E-state index >= 15 is 0 Å². The molecule has 0 spiro atoms. The number of rotatable bonds is 2. The molecule has 0 radical (unpaired) electrons. The van der Waals surface area contributed by atoms with E-state index in [0.717, 1.165) is 19.2 Å². The molecule has 0 aliphatic heterocycles. The van der Waals surface area contributed by atoms with Crippen LogP contribution in [0.3, 0.4) is 0 Å². The molecule has 1 N–H and O–H groups in total. The number of carbonyl (C=O) groups excluding carboxylic acids is 1. The lowest BCUT2D eigenvalue weighted by Gasteiger charge is -2.10. The van der Waals surface area contributed by atoms with E-state index in [1.54, 1.807) is 0 Å². The Labute approximate surface area is 113 Å². The van der Waals surface area contributed by atoms with Gasteiger partial charge in [0.25, 0.3) is 11.6 Å². The normalized spacial score (nSPS) is 9.22. The second-order valence-corrected chi connectivity index (χ2v) is 3.50. The van der Waals surface area contributed by atoms with Gasteiger partial charge < -0.3 is 5.11 Å². The fourth-order valence-electron chi connectivity index (χ4n) is 1.10. The molecule has 7 nitrogen and oxygen atoms in total. The molecule has 1 aromatic rings. The van der Waals surface area contributed by atoms with E-state index < -0.39 is 22.6 Å². The van der Waals surface area contributed by atoms with Crippen LogP contribution in [0.15, 0.2) is 18.2 Å². The third-order valence-corrected chi connectivity index (χ3v) is 2.21. The number of carboxylic acid groups (broad SMARTS) is 1. The second kappa shape index (κ2) is 6.18. The largest absolute Gasteiger partial charge is 0.465 e. The second-order valence-electron chi connectivity index (χ2n) is 3.07. The molecule has 0 aliphatic carbocycles. The van der Waals surface area contributed by atoms with E-state index in [1.807, 2.05) is 0 Å². The van der Waals surface area contributed by atoms with Crippen LogP contribution in [-0.4, -0.2) is 34.0 Å². The Morgan fingerprint density at radius 2 is 2.00 bits per heavy atom. The molecule has 9 heteroatoms. The van der Waals surface area contributed by atoms with Crippen molar-refractivity contribution in [2.75, 3.05) is 7.05 Å². The number of benzene rings is 1. The zero-order valence-corrected chi connectivity index (χ0v) is 10.6. The first kappa shape index (κ1) is 16.1. The summed E-state index contributed by atoms with van der Waals surface area (Å²) in [5.41, 5.74) is -0.861. The molecule has 0 saturated carbocycles. The van der Waals surface area contributed by atoms with Gasteiger partial charge in [-0.05, 0) is 12.1 Å². The maximum atomic E-state index is 11.6. The SMILES string of the molecule is CN(C(=O)O)C(=O)c1ccc(Cl)cc1[N+](=O)[O-].Cl. The summed E-state index contributed by atoms with van der Waals surface area (Å²) in [7, 11) is 1.00. The number of nitro groups is 1. The quantitative estimate of drug-likeness (QED) is 0.667. The van der Waals surface area contributed by atoms with Gasteiger partial charge in [-0.25, -0.2) is 9.69 Å². The minimum atomic E-state index is -1.50. The molecule has 98 valence electrons. The molecule has 0 heterocycles. The highest BCUT2D eigenvalue weighted by Gasteiger charge is 2.25. The minimum absolute atomic E-state index is 0. The van der Waals surface area contributed by atoms with Crippen LogP contribution < -0.4 is 0 Å². The molecule has 1 rings (SSSR count). The Kier molecular flexibility index (Phi) is 5.54. The first-order chi connectivity index (χ1) is 7.84. The molecule has 2 amide bonds. The highest BCUT2D eigenvalue weighted by atomic mass is 35.5. The summed E-state index contributed by atoms with van der Waals surface area (Å²) in [5, 5.41) is 19.4. The lowest BCUT2D eigenvalue weighted by Crippen LogP contribution is -2.32. The Morgan fingerprint density at radius 1 is 1.44 bits per heavy atom. The van der Waals surface area contributed by atoms with Crippen molar-refractivity contribution in [2.45, 2.75) is 0 Å². The van der Waals surface area contributed by atoms with Gasteiger partial charge in [-0.2, -0.15) is 0 Å². The van der Waals surface area contributed by atoms with Gasteiger partial charge in [-0.1, -0.05) is 11.6 Å². The molecule has 0 fully saturated rings. The minimum Gasteiger partial charge on any atom is -0.465 e. The van der Waals surface area contributed by atoms with Crippen LogP contribution in [0.4, 0.5) is 10.5 Å². The number of nitrogens with zero attached hydrogens (tertiary/aromatic N) is 2. The van der Waals surface area contributed by atoms with Crippen molar-refractivity contribution >= 4 is 41.7 Å². The monoisotopic (exact) mass is 294 g/mol. The predicted molar refractivity (Wildman–Crippen MR) is 65.5 cm³/mol. The topological polar surface area (TPSA) is 101 Å². The molecule has 18 heavy (non-hydrogen) atoms. The molecule has 0 aliphatic rings. The average Bonchev–Trinajstić information content (AvgIpc) is 2.26. The van der Waals surface area contributed by atoms with Crippen LogP contribution in [0.2, 0.25) is 5.02 Å². The first-order valence-electron chi connectivity index (χ1n) is 4.29. The van der Waals surface area contributed by atoms with Gasteiger partial charge in [0.05, 0.1) is 4.92 Å². The Balaban J connectivity index is 0.00000289. The number of amides is 2. The van der Waals surface area contributed by atoms with Crippen LogP contribution in [-0.2, 0) is 0 Å². The van der Waals surface area contributed by atoms with E-state index in [1.165, 1.54) is 6.07 Å². The molecule has 0 bridgehead atoms. The number of halogens is 2. The van der Waals surface area contributed by atoms with E-state index in [9.17, 15) is 19.7 Å². The van der Waals surface area contributed by atoms with Gasteiger partial charge >= 0.3 is 6.09 Å². The maximum absolute atomic E-state index is 11.6. The van der Waals surface area contributed by atoms with Crippen molar-refractivity contribution in [1.82, 2.24) is 4.90 Å². The Hall–Kier alpha value is -1.86. The number of hydrogen-bond donors (Lipinski definition) is 1. The predicted octanol–water partition coefficient (Wildman–Crippen LogP) is 2.42. The zero-order chi connectivity index (χ0) is 13.2. The van der Waals surface area contributed by atoms with E-state index in [-0.39, 0.29) is 23.0 Å². The summed E-state index contributed by atoms with van der Waals surface area (Å²) >= 11 is 5.56. The van der Waals surface area contributed by atoms with Crippen molar-refractivity contribution < 1.29 is 19.6 Å². The molecule has 1 aromatic carbocycles. The first-order valence-corrected chi connectivity index (χ1v) is 4.67. The third kappa shape index (κ3) is 3.31. The summed E-state index contributed by atoms with van der Waals surface area (Å²) in [6, 6.07) is 3.38. The third-order valence-electron chi connectivity index (χ3n) is 1.98. The smallest absolute Gasteiger partial charge is 0.414 e. The number of carbonyl (C=O) groups is 2. The van der Waals surface area contributed by atoms with Crippen LogP contribution in [0, 0.1) is 10.1 Å². The van der Waals surface area contributed by atoms with Crippen molar-refractivity contribution in [3.8, 4) is 0 Å². The molecular formula is C9H8Cl2N2O5. The molecular weight excluding hydrogens is 287 g/mol. The average molecular weight is 295 g/mol. The summed E-state index contributed by atoms with van der Waals surface area (Å²) in [5.74, 6) is -0.985. The summed E-state index contributed by atoms with van der Waals surface area (Å²) in [4.78, 5) is 32.5. The number of imide groups is 1. The van der Waals surface area contributed by atoms with E-state index in [4.69, 9.17) is 16.7 Å². The fourth-order valence-corrected chi connectivity index (χ4v) is 1.27. The van der Waals surface area contributed by atoms with Crippen molar-refractivity contribution in [3.63, 3.8) is 0 Å². The standard InChI is InChI=1S/C9H7ClN2O5.ClH/c1-11(9(14)15)8(13)6-3-2-5(10)4-7(6)12(16)17;/h2-4H,1H3,(H,14,15);1H. The van der Waals surface area contributed by atoms with Gasteiger partial charge in [-0.15, -0.1) is 12.4 Å². The van der Waals surface area contributed by atoms with Crippen LogP contribution >= 0.6 is 24.0 Å². The molecule has 0 atom stereocenters. The van der Waals surface area contributed by atoms with Gasteiger partial charge in [-0.3, -0.25) is 14.9 Å². The van der Waals surface area contributed by atoms with Gasteiger partial charge in [0.2, 0.25) is 0 Å². The van der Waals surface area contributed by atoms with Crippen molar-refractivity contribution in [3.05, 3.63) is 38.9 Å². The van der Waals surface area contributed by atoms with Gasteiger partial charge in [0, 0.05) is 18.1 Å². The zero-order valence-electron chi connectivity index (χ0n) is 8.99. The van der Waals surface area contributed by atoms with Crippen LogP contribution in [0.5, 0.6) is 0 Å². The maximum Gasteiger partial charge on any atom is 0.414 e. The van der Waals surface area contributed by atoms with E-state index in [0.29, 0.717) is 4.90 Å². The number of hydrogen-bond acceptors (Lipinski definition) is 4. The van der Waals surface area contributed by atoms with Gasteiger partial charge in [0.1, 0.15) is 5.56 Å². The van der Waals surface area contributed by atoms with Crippen molar-refractivity contribution in [1.29, 1.82) is 0 Å². The van der Waals surface area contributed by atoms with Crippen LogP contribution in [0.1, 0.15) is 10.4 Å². The summed E-state index contributed by atoms with van der Waals surface area (Å²) in [6.45, 7) is 0. The van der Waals surface area contributed by atoms with E-state index in [2.05, 4.69) is 0 Å². The van der Waals surface area contributed by atoms with Gasteiger partial charge in [0.15, 0.2) is 0 Å². The summed E-state index contributed by atoms with van der Waals surface area (Å²) in [6.07, 6.45) is -1.50. The fraction of sp³-hybridized carbons (Fsp3) is 0.111. The molecule has 0 unspecified atom stereocenters. The number of nitro benzene ring substituents is 1. The Bertz CT molecular complexity index is 506. The highest BCUT2D eigenvalue weighted by Crippen LogP contribution is 2.24. The Morgan fingerprint density at radius 3 is 2.44 bits per heavy atom. The van der Waals surface area contributed by atoms with Crippen molar-refractivity contribution in [2.24, 2.45) is 0 Å². The molecule has 0 aromatic heterocycles. The van der Waals surface area contributed by atoms with Crippen LogP contribution in [0.25, 0.3) is 0 Å². The molecule has 0 saturated heterocycles. The summed E-state index contributed by atoms with van der Waals surface area (Å²) < 4.78 is 0. The highest BCUT2D eigenvalue weighted by molar-refractivity contribution is 6.31. The lowest BCUT2D eigenvalue weighted by atomic mass is 10.1.